The van der Waals surface area contributed by atoms with Gasteiger partial charge in [0.1, 0.15) is 22.9 Å². The van der Waals surface area contributed by atoms with E-state index in [2.05, 4.69) is 10.3 Å². The number of nitrogens with zero attached hydrogens (tertiary/aromatic N) is 2. The van der Waals surface area contributed by atoms with Crippen LogP contribution in [0, 0.1) is 0 Å². The lowest BCUT2D eigenvalue weighted by Gasteiger charge is -2.18. The third-order valence-corrected chi connectivity index (χ3v) is 5.09. The van der Waals surface area contributed by atoms with Crippen LogP contribution in [0.5, 0.6) is 0 Å². The van der Waals surface area contributed by atoms with Gasteiger partial charge in [-0.15, -0.1) is 0 Å². The zero-order chi connectivity index (χ0) is 18.3. The molecule has 0 aliphatic heterocycles. The van der Waals surface area contributed by atoms with Crippen molar-refractivity contribution < 1.29 is 13.2 Å². The van der Waals surface area contributed by atoms with Crippen molar-refractivity contribution in [3.8, 4) is 11.3 Å². The van der Waals surface area contributed by atoms with E-state index in [9.17, 15) is 13.2 Å². The standard InChI is InChI=1S/C19H17ClF3N3/c20-14-9-4-3-8-13(14)17-18(24-12-6-1-2-7-12)26-15(19(21,22)23)10-5-11-16(26)25-17/h3-5,8-12,24H,1-2,6-7H2. The predicted molar refractivity (Wildman–Crippen MR) is 96.5 cm³/mol. The van der Waals surface area contributed by atoms with Crippen LogP contribution in [0.25, 0.3) is 16.9 Å². The van der Waals surface area contributed by atoms with E-state index in [0.29, 0.717) is 22.1 Å². The molecule has 4 rings (SSSR count). The van der Waals surface area contributed by atoms with Crippen molar-refractivity contribution in [2.75, 3.05) is 5.32 Å². The van der Waals surface area contributed by atoms with Crippen LogP contribution in [-0.2, 0) is 6.18 Å². The summed E-state index contributed by atoms with van der Waals surface area (Å²) in [4.78, 5) is 4.48. The van der Waals surface area contributed by atoms with Gasteiger partial charge in [-0.25, -0.2) is 4.98 Å². The maximum absolute atomic E-state index is 13.6. The van der Waals surface area contributed by atoms with E-state index in [1.165, 1.54) is 6.07 Å². The Bertz CT molecular complexity index is 943. The number of alkyl halides is 3. The minimum Gasteiger partial charge on any atom is -0.367 e. The number of anilines is 1. The molecule has 0 bridgehead atoms. The van der Waals surface area contributed by atoms with E-state index in [0.717, 1.165) is 36.2 Å². The molecule has 1 aromatic carbocycles. The maximum atomic E-state index is 13.6. The average Bonchev–Trinajstić information content (AvgIpc) is 3.23. The van der Waals surface area contributed by atoms with Crippen molar-refractivity contribution in [2.45, 2.75) is 37.9 Å². The second-order valence-electron chi connectivity index (χ2n) is 6.52. The average molecular weight is 380 g/mol. The molecule has 3 aromatic rings. The summed E-state index contributed by atoms with van der Waals surface area (Å²) in [5.74, 6) is 0.355. The quantitative estimate of drug-likeness (QED) is 0.602. The number of fused-ring (bicyclic) bond motifs is 1. The number of aromatic nitrogens is 2. The van der Waals surface area contributed by atoms with Gasteiger partial charge < -0.3 is 5.32 Å². The first-order valence-corrected chi connectivity index (χ1v) is 8.93. The molecule has 2 aromatic heterocycles. The van der Waals surface area contributed by atoms with Crippen LogP contribution >= 0.6 is 11.6 Å². The molecule has 0 radical (unpaired) electrons. The van der Waals surface area contributed by atoms with Gasteiger partial charge in [0, 0.05) is 11.6 Å². The van der Waals surface area contributed by atoms with Gasteiger partial charge in [0.05, 0.1) is 5.02 Å². The first-order valence-electron chi connectivity index (χ1n) is 8.55. The van der Waals surface area contributed by atoms with Crippen LogP contribution in [0.15, 0.2) is 42.5 Å². The highest BCUT2D eigenvalue weighted by Crippen LogP contribution is 2.39. The molecule has 1 saturated carbocycles. The molecule has 2 heterocycles. The molecule has 7 heteroatoms. The largest absolute Gasteiger partial charge is 0.431 e. The van der Waals surface area contributed by atoms with Gasteiger partial charge in [0.2, 0.25) is 0 Å². The Morgan fingerprint density at radius 2 is 1.77 bits per heavy atom. The number of pyridine rings is 1. The third-order valence-electron chi connectivity index (χ3n) is 4.76. The van der Waals surface area contributed by atoms with E-state index in [1.807, 2.05) is 0 Å². The smallest absolute Gasteiger partial charge is 0.367 e. The van der Waals surface area contributed by atoms with Crippen molar-refractivity contribution >= 4 is 23.1 Å². The number of halogens is 4. The Morgan fingerprint density at radius 3 is 2.46 bits per heavy atom. The van der Waals surface area contributed by atoms with Gasteiger partial charge in [-0.1, -0.05) is 48.7 Å². The van der Waals surface area contributed by atoms with Crippen molar-refractivity contribution in [1.82, 2.24) is 9.38 Å². The minimum absolute atomic E-state index is 0.137. The summed E-state index contributed by atoms with van der Waals surface area (Å²) in [5.41, 5.74) is 0.558. The summed E-state index contributed by atoms with van der Waals surface area (Å²) in [5, 5.41) is 3.77. The first-order chi connectivity index (χ1) is 12.4. The molecule has 0 unspecified atom stereocenters. The number of hydrogen-bond acceptors (Lipinski definition) is 2. The van der Waals surface area contributed by atoms with Crippen LogP contribution in [-0.4, -0.2) is 15.4 Å². The summed E-state index contributed by atoms with van der Waals surface area (Å²) in [6.07, 6.45) is -0.471. The molecular weight excluding hydrogens is 363 g/mol. The maximum Gasteiger partial charge on any atom is 0.431 e. The molecule has 0 saturated heterocycles. The summed E-state index contributed by atoms with van der Waals surface area (Å²) in [6.45, 7) is 0. The zero-order valence-electron chi connectivity index (χ0n) is 13.9. The first kappa shape index (κ1) is 17.2. The zero-order valence-corrected chi connectivity index (χ0v) is 14.6. The summed E-state index contributed by atoms with van der Waals surface area (Å²) in [6, 6.07) is 11.2. The highest BCUT2D eigenvalue weighted by molar-refractivity contribution is 6.33. The van der Waals surface area contributed by atoms with E-state index >= 15 is 0 Å². The summed E-state index contributed by atoms with van der Waals surface area (Å²) < 4.78 is 42.0. The van der Waals surface area contributed by atoms with Gasteiger partial charge in [-0.3, -0.25) is 4.40 Å². The second kappa shape index (κ2) is 6.50. The van der Waals surface area contributed by atoms with E-state index in [4.69, 9.17) is 11.6 Å². The normalized spacial score (nSPS) is 15.7. The molecule has 0 atom stereocenters. The lowest BCUT2D eigenvalue weighted by atomic mass is 10.1. The highest BCUT2D eigenvalue weighted by Gasteiger charge is 2.35. The van der Waals surface area contributed by atoms with Crippen molar-refractivity contribution in [2.24, 2.45) is 0 Å². The van der Waals surface area contributed by atoms with Gasteiger partial charge in [-0.05, 0) is 31.0 Å². The van der Waals surface area contributed by atoms with Crippen LogP contribution in [0.4, 0.5) is 19.0 Å². The lowest BCUT2D eigenvalue weighted by molar-refractivity contribution is -0.141. The molecular formula is C19H17ClF3N3. The summed E-state index contributed by atoms with van der Waals surface area (Å²) in [7, 11) is 0. The Morgan fingerprint density at radius 1 is 1.04 bits per heavy atom. The van der Waals surface area contributed by atoms with Crippen LogP contribution in [0.1, 0.15) is 31.4 Å². The molecule has 1 N–H and O–H groups in total. The molecule has 0 spiro atoms. The molecule has 0 amide bonds. The molecule has 136 valence electrons. The monoisotopic (exact) mass is 379 g/mol. The van der Waals surface area contributed by atoms with Crippen molar-refractivity contribution in [1.29, 1.82) is 0 Å². The van der Waals surface area contributed by atoms with Crippen LogP contribution in [0.2, 0.25) is 5.02 Å². The lowest BCUT2D eigenvalue weighted by Crippen LogP contribution is -2.19. The molecule has 1 aliphatic rings. The van der Waals surface area contributed by atoms with Crippen LogP contribution < -0.4 is 5.32 Å². The Labute approximate surface area is 153 Å². The Hall–Kier alpha value is -2.21. The fraction of sp³-hybridized carbons (Fsp3) is 0.316. The van der Waals surface area contributed by atoms with E-state index < -0.39 is 11.9 Å². The third kappa shape index (κ3) is 3.03. The van der Waals surface area contributed by atoms with E-state index in [-0.39, 0.29) is 11.7 Å². The molecule has 1 fully saturated rings. The molecule has 3 nitrogen and oxygen atoms in total. The Balaban J connectivity index is 1.97. The number of rotatable bonds is 3. The Kier molecular flexibility index (Phi) is 4.31. The molecule has 26 heavy (non-hydrogen) atoms. The van der Waals surface area contributed by atoms with Gasteiger partial charge in [-0.2, -0.15) is 13.2 Å². The van der Waals surface area contributed by atoms with Crippen molar-refractivity contribution in [3.63, 3.8) is 0 Å². The second-order valence-corrected chi connectivity index (χ2v) is 6.92. The fourth-order valence-electron chi connectivity index (χ4n) is 3.55. The SMILES string of the molecule is FC(F)(F)c1cccc2nc(-c3ccccc3Cl)c(NC3CCCC3)n12. The van der Waals surface area contributed by atoms with Crippen molar-refractivity contribution in [3.05, 3.63) is 53.2 Å². The summed E-state index contributed by atoms with van der Waals surface area (Å²) >= 11 is 6.31. The van der Waals surface area contributed by atoms with Gasteiger partial charge >= 0.3 is 6.18 Å². The topological polar surface area (TPSA) is 29.3 Å². The number of imidazole rings is 1. The van der Waals surface area contributed by atoms with Gasteiger partial charge in [0.15, 0.2) is 0 Å². The van der Waals surface area contributed by atoms with Crippen LogP contribution in [0.3, 0.4) is 0 Å². The highest BCUT2D eigenvalue weighted by atomic mass is 35.5. The number of nitrogens with one attached hydrogen (secondary N) is 1. The van der Waals surface area contributed by atoms with Gasteiger partial charge in [0.25, 0.3) is 0 Å². The number of benzene rings is 1. The number of hydrogen-bond donors (Lipinski definition) is 1. The molecule has 1 aliphatic carbocycles. The predicted octanol–water partition coefficient (Wildman–Crippen LogP) is 6.03. The minimum atomic E-state index is -4.48. The van der Waals surface area contributed by atoms with E-state index in [1.54, 1.807) is 30.3 Å². The fourth-order valence-corrected chi connectivity index (χ4v) is 3.78.